The van der Waals surface area contributed by atoms with Crippen LogP contribution in [0.5, 0.6) is 0 Å². The number of phosphoric ester groups is 1. The SMILES string of the molecule is CCCCC/C=C\C/C=C\C/C=C\C/C=C\CCCCCCCC(=O)NC(COP(=O)([O-])OCC[N+](C)(C)C)C(/C=C\CCCCCCCCCCC)OC(=O)CCCCC/C=C\CCCCCCCC. The predicted octanol–water partition coefficient (Wildman–Crippen LogP) is 17.0. The van der Waals surface area contributed by atoms with Crippen molar-refractivity contribution < 1.29 is 37.3 Å². The maximum absolute atomic E-state index is 13.5. The Morgan fingerprint density at radius 3 is 1.34 bits per heavy atom. The summed E-state index contributed by atoms with van der Waals surface area (Å²) >= 11 is 0. The monoisotopic (exact) mass is 1010 g/mol. The number of nitrogens with one attached hydrogen (secondary N) is 1. The lowest BCUT2D eigenvalue weighted by molar-refractivity contribution is -0.870. The molecule has 0 saturated heterocycles. The highest BCUT2D eigenvalue weighted by atomic mass is 31.2. The molecule has 0 radical (unpaired) electrons. The summed E-state index contributed by atoms with van der Waals surface area (Å²) < 4.78 is 30.2. The van der Waals surface area contributed by atoms with Gasteiger partial charge in [0.2, 0.25) is 5.91 Å². The van der Waals surface area contributed by atoms with E-state index in [-0.39, 0.29) is 24.9 Å². The van der Waals surface area contributed by atoms with Crippen molar-refractivity contribution in [2.24, 2.45) is 0 Å². The van der Waals surface area contributed by atoms with E-state index in [0.29, 0.717) is 30.3 Å². The Kier molecular flexibility index (Phi) is 49.1. The molecule has 1 N–H and O–H groups in total. The smallest absolute Gasteiger partial charge is 0.306 e. The number of ether oxygens (including phenoxy) is 1. The minimum atomic E-state index is -4.70. The van der Waals surface area contributed by atoms with Gasteiger partial charge >= 0.3 is 5.97 Å². The molecule has 412 valence electrons. The molecule has 0 saturated carbocycles. The van der Waals surface area contributed by atoms with Gasteiger partial charge in [-0.25, -0.2) is 0 Å². The molecule has 0 aliphatic rings. The summed E-state index contributed by atoms with van der Waals surface area (Å²) in [6.45, 7) is 6.77. The summed E-state index contributed by atoms with van der Waals surface area (Å²) in [6, 6.07) is -0.905. The van der Waals surface area contributed by atoms with Gasteiger partial charge in [0, 0.05) is 12.8 Å². The third-order valence-corrected chi connectivity index (χ3v) is 13.6. The Hall–Kier alpha value is -2.55. The Morgan fingerprint density at radius 2 is 0.859 bits per heavy atom. The molecule has 0 aromatic rings. The number of carbonyl (C=O) groups is 2. The number of phosphoric acid groups is 1. The molecule has 0 aromatic heterocycles. The summed E-state index contributed by atoms with van der Waals surface area (Å²) in [7, 11) is 1.16. The Morgan fingerprint density at radius 1 is 0.493 bits per heavy atom. The first-order valence-corrected chi connectivity index (χ1v) is 30.7. The Bertz CT molecular complexity index is 1450. The van der Waals surface area contributed by atoms with Gasteiger partial charge in [-0.1, -0.05) is 210 Å². The van der Waals surface area contributed by atoms with E-state index < -0.39 is 26.6 Å². The average molecular weight is 1020 g/mol. The van der Waals surface area contributed by atoms with Gasteiger partial charge in [0.1, 0.15) is 19.3 Å². The van der Waals surface area contributed by atoms with Gasteiger partial charge in [-0.15, -0.1) is 0 Å². The highest BCUT2D eigenvalue weighted by molar-refractivity contribution is 7.45. The molecular weight excluding hydrogens is 904 g/mol. The lowest BCUT2D eigenvalue weighted by atomic mass is 10.1. The van der Waals surface area contributed by atoms with Crippen LogP contribution in [-0.2, 0) is 27.9 Å². The van der Waals surface area contributed by atoms with E-state index in [1.807, 2.05) is 33.3 Å². The van der Waals surface area contributed by atoms with Crippen molar-refractivity contribution >= 4 is 19.7 Å². The Labute approximate surface area is 438 Å². The number of esters is 1. The zero-order chi connectivity index (χ0) is 52.2. The van der Waals surface area contributed by atoms with E-state index in [9.17, 15) is 19.0 Å². The van der Waals surface area contributed by atoms with E-state index in [4.69, 9.17) is 13.8 Å². The van der Waals surface area contributed by atoms with Crippen LogP contribution in [0.25, 0.3) is 0 Å². The van der Waals surface area contributed by atoms with Gasteiger partial charge < -0.3 is 28.5 Å². The summed E-state index contributed by atoms with van der Waals surface area (Å²) in [5.74, 6) is -0.583. The van der Waals surface area contributed by atoms with E-state index >= 15 is 0 Å². The van der Waals surface area contributed by atoms with Gasteiger partial charge in [-0.3, -0.25) is 14.2 Å². The van der Waals surface area contributed by atoms with Crippen molar-refractivity contribution in [3.05, 3.63) is 72.9 Å². The normalized spacial score (nSPS) is 14.3. The summed E-state index contributed by atoms with van der Waals surface area (Å²) in [5, 5.41) is 3.01. The zero-order valence-corrected chi connectivity index (χ0v) is 47.8. The molecule has 0 spiro atoms. The molecule has 3 unspecified atom stereocenters. The second kappa shape index (κ2) is 51.0. The van der Waals surface area contributed by atoms with Gasteiger partial charge in [-0.2, -0.15) is 0 Å². The third-order valence-electron chi connectivity index (χ3n) is 12.6. The number of hydrogen-bond acceptors (Lipinski definition) is 7. The molecule has 1 amide bonds. The fourth-order valence-electron chi connectivity index (χ4n) is 8.03. The molecule has 3 atom stereocenters. The molecule has 0 rings (SSSR count). The molecule has 0 aromatic carbocycles. The number of unbranched alkanes of at least 4 members (excludes halogenated alkanes) is 26. The summed E-state index contributed by atoms with van der Waals surface area (Å²) in [4.78, 5) is 39.8. The lowest BCUT2D eigenvalue weighted by Gasteiger charge is -2.30. The van der Waals surface area contributed by atoms with Crippen LogP contribution in [0.2, 0.25) is 0 Å². The maximum atomic E-state index is 13.5. The van der Waals surface area contributed by atoms with Gasteiger partial charge in [0.25, 0.3) is 7.82 Å². The van der Waals surface area contributed by atoms with E-state index in [1.165, 1.54) is 109 Å². The van der Waals surface area contributed by atoms with Crippen molar-refractivity contribution in [3.8, 4) is 0 Å². The van der Waals surface area contributed by atoms with Crippen LogP contribution < -0.4 is 10.2 Å². The topological polar surface area (TPSA) is 114 Å². The van der Waals surface area contributed by atoms with Crippen molar-refractivity contribution in [2.45, 2.75) is 264 Å². The number of amides is 1. The minimum Gasteiger partial charge on any atom is -0.756 e. The first kappa shape index (κ1) is 68.5. The molecule has 0 aliphatic carbocycles. The fraction of sp³-hybridized carbons (Fsp3) is 0.770. The largest absolute Gasteiger partial charge is 0.756 e. The summed E-state index contributed by atoms with van der Waals surface area (Å²) in [6.07, 6.45) is 64.4. The van der Waals surface area contributed by atoms with Crippen LogP contribution in [0, 0.1) is 0 Å². The van der Waals surface area contributed by atoms with Crippen LogP contribution in [0.15, 0.2) is 72.9 Å². The van der Waals surface area contributed by atoms with Crippen LogP contribution >= 0.6 is 7.82 Å². The van der Waals surface area contributed by atoms with Crippen LogP contribution in [-0.4, -0.2) is 69.4 Å². The number of hydrogen-bond donors (Lipinski definition) is 1. The van der Waals surface area contributed by atoms with Crippen molar-refractivity contribution in [2.75, 3.05) is 40.9 Å². The van der Waals surface area contributed by atoms with Crippen molar-refractivity contribution in [1.82, 2.24) is 5.32 Å². The second-order valence-corrected chi connectivity index (χ2v) is 22.2. The van der Waals surface area contributed by atoms with E-state index in [0.717, 1.165) is 96.3 Å². The van der Waals surface area contributed by atoms with E-state index in [1.54, 1.807) is 0 Å². The average Bonchev–Trinajstić information content (AvgIpc) is 3.33. The number of allylic oxidation sites excluding steroid dienone is 11. The molecule has 10 heteroatoms. The molecular formula is C61H111N2O7P. The maximum Gasteiger partial charge on any atom is 0.306 e. The summed E-state index contributed by atoms with van der Waals surface area (Å²) in [5.41, 5.74) is 0. The molecule has 0 bridgehead atoms. The highest BCUT2D eigenvalue weighted by Gasteiger charge is 2.27. The quantitative estimate of drug-likeness (QED) is 0.0212. The van der Waals surface area contributed by atoms with Gasteiger partial charge in [-0.05, 0) is 102 Å². The van der Waals surface area contributed by atoms with E-state index in [2.05, 4.69) is 86.8 Å². The number of likely N-dealkylation sites (N-methyl/N-ethyl adjacent to an activating group) is 1. The second-order valence-electron chi connectivity index (χ2n) is 20.8. The lowest BCUT2D eigenvalue weighted by Crippen LogP contribution is -2.47. The highest BCUT2D eigenvalue weighted by Crippen LogP contribution is 2.38. The number of nitrogens with zero attached hydrogens (tertiary/aromatic N) is 1. The third kappa shape index (κ3) is 52.1. The van der Waals surface area contributed by atoms with Crippen LogP contribution in [0.3, 0.4) is 0 Å². The molecule has 0 fully saturated rings. The molecule has 71 heavy (non-hydrogen) atoms. The van der Waals surface area contributed by atoms with Crippen LogP contribution in [0.1, 0.15) is 252 Å². The van der Waals surface area contributed by atoms with Crippen molar-refractivity contribution in [1.29, 1.82) is 0 Å². The number of carbonyl (C=O) groups excluding carboxylic acids is 2. The zero-order valence-electron chi connectivity index (χ0n) is 46.9. The minimum absolute atomic E-state index is 0.0309. The standard InChI is InChI=1S/C61H111N2O7P/c1-7-10-13-16-19-22-25-27-28-29-30-31-32-33-34-36-38-41-44-47-50-53-60(64)62-58(57-69-71(66,67)68-56-55-63(4,5)6)59(52-49-46-43-40-37-24-21-18-15-12-9-3)70-61(65)54-51-48-45-42-39-35-26-23-20-17-14-11-8-2/h19,22,27-28,30-31,33-35,39,49,52,58-59H,7-18,20-21,23-26,29,32,36-38,40-48,50-51,53-57H2,1-6H3,(H-,62,64,66,67)/b22-19-,28-27-,31-30-,34-33-,39-35-,52-49-. The number of quaternary nitrogens is 1. The van der Waals surface area contributed by atoms with Gasteiger partial charge in [0.15, 0.2) is 0 Å². The fourth-order valence-corrected chi connectivity index (χ4v) is 8.75. The van der Waals surface area contributed by atoms with Gasteiger partial charge in [0.05, 0.1) is 33.8 Å². The number of rotatable bonds is 52. The van der Waals surface area contributed by atoms with Crippen LogP contribution in [0.4, 0.5) is 0 Å². The molecule has 9 nitrogen and oxygen atoms in total. The van der Waals surface area contributed by atoms with Crippen molar-refractivity contribution in [3.63, 3.8) is 0 Å². The predicted molar refractivity (Wildman–Crippen MR) is 302 cm³/mol. The molecule has 0 heterocycles. The first-order chi connectivity index (χ1) is 34.4. The first-order valence-electron chi connectivity index (χ1n) is 29.2. The molecule has 0 aliphatic heterocycles. The Balaban J connectivity index is 5.31.